The first-order valence-electron chi connectivity index (χ1n) is 5.60. The number of benzene rings is 1. The van der Waals surface area contributed by atoms with Crippen molar-refractivity contribution in [3.63, 3.8) is 0 Å². The maximum Gasteiger partial charge on any atom is 0.281 e. The van der Waals surface area contributed by atoms with Gasteiger partial charge >= 0.3 is 0 Å². The molecule has 0 bridgehead atoms. The summed E-state index contributed by atoms with van der Waals surface area (Å²) < 4.78 is 1.06. The van der Waals surface area contributed by atoms with Crippen LogP contribution in [0.2, 0.25) is 5.02 Å². The van der Waals surface area contributed by atoms with Gasteiger partial charge in [0, 0.05) is 21.5 Å². The number of nitrogen functional groups attached to an aromatic ring is 1. The molecule has 0 aliphatic carbocycles. The monoisotopic (exact) mass is 291 g/mol. The summed E-state index contributed by atoms with van der Waals surface area (Å²) in [5, 5.41) is 3.01. The van der Waals surface area contributed by atoms with Crippen molar-refractivity contribution in [2.24, 2.45) is 0 Å². The van der Waals surface area contributed by atoms with Gasteiger partial charge in [0.1, 0.15) is 10.7 Å². The first-order chi connectivity index (χ1) is 9.09. The van der Waals surface area contributed by atoms with E-state index in [1.807, 2.05) is 23.6 Å². The summed E-state index contributed by atoms with van der Waals surface area (Å²) in [6.45, 7) is 1.70. The summed E-state index contributed by atoms with van der Waals surface area (Å²) >= 11 is 7.60. The Kier molecular flexibility index (Phi) is 2.80. The lowest BCUT2D eigenvalue weighted by Crippen LogP contribution is -2.30. The molecule has 0 atom stereocenters. The molecule has 0 spiro atoms. The normalized spacial score (nSPS) is 11.1. The third kappa shape index (κ3) is 1.82. The van der Waals surface area contributed by atoms with Crippen molar-refractivity contribution in [3.05, 3.63) is 50.8 Å². The highest BCUT2D eigenvalue weighted by molar-refractivity contribution is 7.17. The van der Waals surface area contributed by atoms with E-state index in [2.05, 4.69) is 4.98 Å². The van der Waals surface area contributed by atoms with E-state index in [-0.39, 0.29) is 5.56 Å². The summed E-state index contributed by atoms with van der Waals surface area (Å²) in [4.78, 5) is 17.3. The molecule has 0 aliphatic rings. The van der Waals surface area contributed by atoms with Gasteiger partial charge in [0.25, 0.3) is 5.56 Å². The van der Waals surface area contributed by atoms with Crippen molar-refractivity contribution in [2.45, 2.75) is 6.92 Å². The van der Waals surface area contributed by atoms with Crippen LogP contribution in [0.5, 0.6) is 0 Å². The molecule has 4 nitrogen and oxygen atoms in total. The Hall–Kier alpha value is -1.85. The molecule has 96 valence electrons. The first-order valence-corrected chi connectivity index (χ1v) is 6.86. The molecular formula is C13H10ClN3OS. The minimum Gasteiger partial charge on any atom is -0.335 e. The summed E-state index contributed by atoms with van der Waals surface area (Å²) in [5.41, 5.74) is 1.35. The molecule has 0 radical (unpaired) electrons. The lowest BCUT2D eigenvalue weighted by molar-refractivity contribution is 0.855. The van der Waals surface area contributed by atoms with E-state index in [1.165, 1.54) is 11.3 Å². The van der Waals surface area contributed by atoms with Crippen molar-refractivity contribution in [1.29, 1.82) is 0 Å². The second-order valence-corrected chi connectivity index (χ2v) is 5.41. The summed E-state index contributed by atoms with van der Waals surface area (Å²) in [6.07, 6.45) is 0. The number of aromatic nitrogens is 2. The van der Waals surface area contributed by atoms with Crippen molar-refractivity contribution >= 4 is 33.2 Å². The molecular weight excluding hydrogens is 282 g/mol. The van der Waals surface area contributed by atoms with Gasteiger partial charge in [-0.05, 0) is 13.0 Å². The van der Waals surface area contributed by atoms with Crippen molar-refractivity contribution < 1.29 is 0 Å². The minimum atomic E-state index is -0.251. The third-order valence-electron chi connectivity index (χ3n) is 2.98. The Bertz CT molecular complexity index is 838. The molecule has 2 heterocycles. The predicted molar refractivity (Wildman–Crippen MR) is 79.2 cm³/mol. The van der Waals surface area contributed by atoms with E-state index < -0.39 is 0 Å². The highest BCUT2D eigenvalue weighted by Gasteiger charge is 2.15. The topological polar surface area (TPSA) is 60.9 Å². The molecule has 0 aliphatic heterocycles. The van der Waals surface area contributed by atoms with Crippen LogP contribution in [0, 0.1) is 6.92 Å². The van der Waals surface area contributed by atoms with Gasteiger partial charge in [0.05, 0.1) is 5.39 Å². The van der Waals surface area contributed by atoms with Gasteiger partial charge in [-0.1, -0.05) is 29.8 Å². The number of hydrogen-bond acceptors (Lipinski definition) is 4. The third-order valence-corrected chi connectivity index (χ3v) is 4.18. The molecule has 0 amide bonds. The van der Waals surface area contributed by atoms with Gasteiger partial charge in [-0.15, -0.1) is 11.3 Å². The number of rotatable bonds is 1. The zero-order valence-electron chi connectivity index (χ0n) is 10.1. The van der Waals surface area contributed by atoms with Gasteiger partial charge in [-0.25, -0.2) is 9.66 Å². The number of nitrogens with two attached hydrogens (primary N) is 1. The van der Waals surface area contributed by atoms with Crippen molar-refractivity contribution in [1.82, 2.24) is 9.66 Å². The van der Waals surface area contributed by atoms with Crippen LogP contribution in [0.1, 0.15) is 5.82 Å². The zero-order chi connectivity index (χ0) is 13.6. The summed E-state index contributed by atoms with van der Waals surface area (Å²) in [5.74, 6) is 6.20. The summed E-state index contributed by atoms with van der Waals surface area (Å²) in [6, 6.07) is 7.41. The van der Waals surface area contributed by atoms with E-state index >= 15 is 0 Å². The van der Waals surface area contributed by atoms with Crippen LogP contribution in [0.25, 0.3) is 21.3 Å². The summed E-state index contributed by atoms with van der Waals surface area (Å²) in [7, 11) is 0. The standard InChI is InChI=1S/C13H10ClN3OS/c1-7-16-12-11(13(18)17(7)15)9(6-19-12)8-4-2-3-5-10(8)14/h2-6H,15H2,1H3. The second kappa shape index (κ2) is 4.36. The molecule has 0 fully saturated rings. The second-order valence-electron chi connectivity index (χ2n) is 4.14. The maximum absolute atomic E-state index is 12.3. The van der Waals surface area contributed by atoms with Crippen molar-refractivity contribution in [2.75, 3.05) is 5.84 Å². The van der Waals surface area contributed by atoms with Gasteiger partial charge in [0.2, 0.25) is 0 Å². The van der Waals surface area contributed by atoms with Gasteiger partial charge < -0.3 is 5.84 Å². The fourth-order valence-electron chi connectivity index (χ4n) is 1.98. The lowest BCUT2D eigenvalue weighted by atomic mass is 10.1. The molecule has 19 heavy (non-hydrogen) atoms. The molecule has 2 aromatic heterocycles. The van der Waals surface area contributed by atoms with Crippen LogP contribution >= 0.6 is 22.9 Å². The number of hydrogen-bond donors (Lipinski definition) is 1. The van der Waals surface area contributed by atoms with Gasteiger partial charge in [0.15, 0.2) is 0 Å². The van der Waals surface area contributed by atoms with Gasteiger partial charge in [-0.2, -0.15) is 0 Å². The fourth-order valence-corrected chi connectivity index (χ4v) is 3.19. The average Bonchev–Trinajstić information content (AvgIpc) is 2.80. The smallest absolute Gasteiger partial charge is 0.281 e. The van der Waals surface area contributed by atoms with E-state index in [4.69, 9.17) is 17.4 Å². The Labute approximate surface area is 118 Å². The highest BCUT2D eigenvalue weighted by Crippen LogP contribution is 2.34. The van der Waals surface area contributed by atoms with Crippen LogP contribution < -0.4 is 11.4 Å². The molecule has 3 rings (SSSR count). The van der Waals surface area contributed by atoms with Crippen molar-refractivity contribution in [3.8, 4) is 11.1 Å². The predicted octanol–water partition coefficient (Wildman–Crippen LogP) is 2.80. The largest absolute Gasteiger partial charge is 0.335 e. The number of thiophene rings is 1. The molecule has 0 unspecified atom stereocenters. The first kappa shape index (κ1) is 12.2. The molecule has 2 N–H and O–H groups in total. The van der Waals surface area contributed by atoms with Crippen LogP contribution in [0.4, 0.5) is 0 Å². The van der Waals surface area contributed by atoms with Crippen LogP contribution in [-0.2, 0) is 0 Å². The Morgan fingerprint density at radius 2 is 2.05 bits per heavy atom. The SMILES string of the molecule is Cc1nc2scc(-c3ccccc3Cl)c2c(=O)n1N. The molecule has 0 saturated heterocycles. The van der Waals surface area contributed by atoms with Crippen LogP contribution in [-0.4, -0.2) is 9.66 Å². The Morgan fingerprint density at radius 1 is 1.32 bits per heavy atom. The highest BCUT2D eigenvalue weighted by atomic mass is 35.5. The Balaban J connectivity index is 2.42. The maximum atomic E-state index is 12.3. The number of nitrogens with zero attached hydrogens (tertiary/aromatic N) is 2. The minimum absolute atomic E-state index is 0.251. The van der Waals surface area contributed by atoms with E-state index in [9.17, 15) is 4.79 Å². The lowest BCUT2D eigenvalue weighted by Gasteiger charge is -2.05. The molecule has 0 saturated carbocycles. The molecule has 3 aromatic rings. The molecule has 1 aromatic carbocycles. The number of fused-ring (bicyclic) bond motifs is 1. The van der Waals surface area contributed by atoms with E-state index in [0.717, 1.165) is 15.8 Å². The number of aryl methyl sites for hydroxylation is 1. The molecule has 6 heteroatoms. The van der Waals surface area contributed by atoms with Crippen LogP contribution in [0.3, 0.4) is 0 Å². The Morgan fingerprint density at radius 3 is 2.79 bits per heavy atom. The van der Waals surface area contributed by atoms with E-state index in [1.54, 1.807) is 13.0 Å². The average molecular weight is 292 g/mol. The zero-order valence-corrected chi connectivity index (χ0v) is 11.6. The fraction of sp³-hybridized carbons (Fsp3) is 0.0769. The quantitative estimate of drug-likeness (QED) is 0.701. The van der Waals surface area contributed by atoms with Gasteiger partial charge in [-0.3, -0.25) is 4.79 Å². The van der Waals surface area contributed by atoms with Crippen LogP contribution in [0.15, 0.2) is 34.4 Å². The number of halogens is 1. The van der Waals surface area contributed by atoms with E-state index in [0.29, 0.717) is 21.1 Å².